The third-order valence-electron chi connectivity index (χ3n) is 7.48. The average molecular weight is 375 g/mol. The van der Waals surface area contributed by atoms with Crippen molar-refractivity contribution in [1.29, 1.82) is 0 Å². The first-order chi connectivity index (χ1) is 10.2. The summed E-state index contributed by atoms with van der Waals surface area (Å²) >= 11 is 0. The molecule has 1 aliphatic rings. The van der Waals surface area contributed by atoms with Crippen LogP contribution in [0.1, 0.15) is 54.4 Å². The standard InChI is InChI=1S/C18H42O2Si3/c1-12-16(4)22(9,10)18(6)15-23(11,20-18)17(5,13-2)19-21(7,8)14-3/h16H,12-15H2,1-11H3. The first-order valence-corrected chi connectivity index (χ1v) is 18.4. The maximum atomic E-state index is 6.95. The van der Waals surface area contributed by atoms with Gasteiger partial charge in [-0.25, -0.2) is 0 Å². The van der Waals surface area contributed by atoms with E-state index in [2.05, 4.69) is 74.3 Å². The Labute approximate surface area is 149 Å². The molecule has 138 valence electrons. The molecule has 0 aromatic rings. The van der Waals surface area contributed by atoms with Gasteiger partial charge in [0.1, 0.15) is 0 Å². The van der Waals surface area contributed by atoms with Gasteiger partial charge < -0.3 is 8.85 Å². The first-order valence-electron chi connectivity index (χ1n) is 9.63. The predicted octanol–water partition coefficient (Wildman–Crippen LogP) is 6.35. The van der Waals surface area contributed by atoms with E-state index in [-0.39, 0.29) is 10.4 Å². The van der Waals surface area contributed by atoms with Gasteiger partial charge in [0.15, 0.2) is 8.32 Å². The Morgan fingerprint density at radius 2 is 1.70 bits per heavy atom. The second kappa shape index (κ2) is 6.71. The van der Waals surface area contributed by atoms with Crippen LogP contribution in [0.3, 0.4) is 0 Å². The van der Waals surface area contributed by atoms with E-state index in [0.717, 1.165) is 12.0 Å². The number of hydrogen-bond acceptors (Lipinski definition) is 2. The van der Waals surface area contributed by atoms with E-state index < -0.39 is 24.7 Å². The summed E-state index contributed by atoms with van der Waals surface area (Å²) in [5.41, 5.74) is 0.807. The first kappa shape index (κ1) is 21.6. The van der Waals surface area contributed by atoms with E-state index in [9.17, 15) is 0 Å². The van der Waals surface area contributed by atoms with E-state index in [1.807, 2.05) is 0 Å². The van der Waals surface area contributed by atoms with Gasteiger partial charge in [0.2, 0.25) is 8.32 Å². The fraction of sp³-hybridized carbons (Fsp3) is 1.00. The van der Waals surface area contributed by atoms with Crippen LogP contribution in [0.5, 0.6) is 0 Å². The van der Waals surface area contributed by atoms with E-state index in [1.165, 1.54) is 18.5 Å². The molecule has 0 aliphatic carbocycles. The highest BCUT2D eigenvalue weighted by Crippen LogP contribution is 2.54. The quantitative estimate of drug-likeness (QED) is 0.461. The van der Waals surface area contributed by atoms with Crippen LogP contribution >= 0.6 is 0 Å². The Morgan fingerprint density at radius 3 is 2.04 bits per heavy atom. The molecule has 0 bridgehead atoms. The van der Waals surface area contributed by atoms with Crippen LogP contribution < -0.4 is 0 Å². The van der Waals surface area contributed by atoms with E-state index in [4.69, 9.17) is 8.85 Å². The van der Waals surface area contributed by atoms with Crippen LogP contribution in [0, 0.1) is 0 Å². The van der Waals surface area contributed by atoms with E-state index in [0.29, 0.717) is 0 Å². The highest BCUT2D eigenvalue weighted by atomic mass is 28.4. The summed E-state index contributed by atoms with van der Waals surface area (Å²) < 4.78 is 13.8. The summed E-state index contributed by atoms with van der Waals surface area (Å²) in [7, 11) is -4.84. The lowest BCUT2D eigenvalue weighted by atomic mass is 10.3. The molecule has 4 atom stereocenters. The molecule has 4 unspecified atom stereocenters. The molecule has 1 aliphatic heterocycles. The SMILES string of the molecule is CCC(C)[Si](C)(C)C1(C)C[Si](C)(C(C)(CC)O[Si](C)(C)CC)O1. The molecule has 23 heavy (non-hydrogen) atoms. The van der Waals surface area contributed by atoms with Gasteiger partial charge in [0.05, 0.1) is 13.3 Å². The summed E-state index contributed by atoms with van der Waals surface area (Å²) in [6.07, 6.45) is 2.35. The van der Waals surface area contributed by atoms with Crippen molar-refractivity contribution >= 4 is 24.7 Å². The lowest BCUT2D eigenvalue weighted by Crippen LogP contribution is -2.79. The Bertz CT molecular complexity index is 416. The summed E-state index contributed by atoms with van der Waals surface area (Å²) in [5.74, 6) is 0. The molecule has 1 saturated heterocycles. The number of hydrogen-bond donors (Lipinski definition) is 0. The van der Waals surface area contributed by atoms with Crippen LogP contribution in [-0.2, 0) is 8.85 Å². The Kier molecular flexibility index (Phi) is 6.30. The minimum absolute atomic E-state index is 0.0296. The van der Waals surface area contributed by atoms with E-state index >= 15 is 0 Å². The Morgan fingerprint density at radius 1 is 1.22 bits per heavy atom. The Balaban J connectivity index is 2.99. The molecular weight excluding hydrogens is 332 g/mol. The maximum absolute atomic E-state index is 6.95. The summed E-state index contributed by atoms with van der Waals surface area (Å²) in [6.45, 7) is 26.3. The molecule has 1 fully saturated rings. The predicted molar refractivity (Wildman–Crippen MR) is 111 cm³/mol. The topological polar surface area (TPSA) is 18.5 Å². The zero-order valence-electron chi connectivity index (χ0n) is 17.7. The maximum Gasteiger partial charge on any atom is 0.222 e. The zero-order chi connectivity index (χ0) is 18.3. The lowest BCUT2D eigenvalue weighted by molar-refractivity contribution is 0.0335. The van der Waals surface area contributed by atoms with Crippen LogP contribution in [0.4, 0.5) is 0 Å². The third-order valence-corrected chi connectivity index (χ3v) is 21.8. The third kappa shape index (κ3) is 3.73. The zero-order valence-corrected chi connectivity index (χ0v) is 20.7. The molecule has 1 rings (SSSR count). The summed E-state index contributed by atoms with van der Waals surface area (Å²) in [6, 6.07) is 2.46. The molecule has 0 aromatic carbocycles. The monoisotopic (exact) mass is 374 g/mol. The smallest absolute Gasteiger partial charge is 0.222 e. The van der Waals surface area contributed by atoms with Gasteiger partial charge in [-0.05, 0) is 57.5 Å². The molecular formula is C18H42O2Si3. The fourth-order valence-corrected chi connectivity index (χ4v) is 17.5. The molecule has 5 heteroatoms. The molecule has 0 spiro atoms. The second-order valence-electron chi connectivity index (χ2n) is 9.57. The van der Waals surface area contributed by atoms with Crippen molar-refractivity contribution in [3.05, 3.63) is 0 Å². The van der Waals surface area contributed by atoms with Gasteiger partial charge in [-0.2, -0.15) is 0 Å². The van der Waals surface area contributed by atoms with Crippen LogP contribution in [-0.4, -0.2) is 35.2 Å². The van der Waals surface area contributed by atoms with Crippen molar-refractivity contribution < 1.29 is 8.85 Å². The molecule has 0 amide bonds. The van der Waals surface area contributed by atoms with Crippen LogP contribution in [0.2, 0.25) is 50.4 Å². The highest BCUT2D eigenvalue weighted by molar-refractivity contribution is 6.89. The fourth-order valence-electron chi connectivity index (χ4n) is 4.05. The van der Waals surface area contributed by atoms with Gasteiger partial charge in [-0.3, -0.25) is 0 Å². The molecule has 0 saturated carbocycles. The van der Waals surface area contributed by atoms with Gasteiger partial charge in [0, 0.05) is 5.22 Å². The van der Waals surface area contributed by atoms with Crippen molar-refractivity contribution in [2.24, 2.45) is 0 Å². The molecule has 0 N–H and O–H groups in total. The molecule has 0 aromatic heterocycles. The van der Waals surface area contributed by atoms with Gasteiger partial charge in [0.25, 0.3) is 0 Å². The molecule has 0 radical (unpaired) electrons. The van der Waals surface area contributed by atoms with Crippen molar-refractivity contribution in [3.8, 4) is 0 Å². The van der Waals surface area contributed by atoms with E-state index in [1.54, 1.807) is 0 Å². The number of rotatable bonds is 8. The van der Waals surface area contributed by atoms with Crippen molar-refractivity contribution in [2.45, 2.75) is 115 Å². The van der Waals surface area contributed by atoms with Crippen LogP contribution in [0.15, 0.2) is 0 Å². The minimum Gasteiger partial charge on any atom is -0.412 e. The second-order valence-corrected chi connectivity index (χ2v) is 23.6. The van der Waals surface area contributed by atoms with Gasteiger partial charge in [-0.1, -0.05) is 47.2 Å². The Hall–Kier alpha value is 0.571. The van der Waals surface area contributed by atoms with Crippen molar-refractivity contribution in [3.63, 3.8) is 0 Å². The summed E-state index contributed by atoms with van der Waals surface area (Å²) in [5, 5.41) is 0.110. The van der Waals surface area contributed by atoms with Crippen LogP contribution in [0.25, 0.3) is 0 Å². The highest BCUT2D eigenvalue weighted by Gasteiger charge is 2.67. The molecule has 2 nitrogen and oxygen atoms in total. The molecule has 1 heterocycles. The minimum atomic E-state index is -1.83. The lowest BCUT2D eigenvalue weighted by Gasteiger charge is -2.65. The van der Waals surface area contributed by atoms with Gasteiger partial charge >= 0.3 is 0 Å². The summed E-state index contributed by atoms with van der Waals surface area (Å²) in [4.78, 5) is 0. The average Bonchev–Trinajstić information content (AvgIpc) is 2.43. The largest absolute Gasteiger partial charge is 0.412 e. The van der Waals surface area contributed by atoms with Crippen molar-refractivity contribution in [2.75, 3.05) is 0 Å². The van der Waals surface area contributed by atoms with Crippen molar-refractivity contribution in [1.82, 2.24) is 0 Å². The normalized spacial score (nSPS) is 33.0. The van der Waals surface area contributed by atoms with Gasteiger partial charge in [-0.15, -0.1) is 0 Å².